The highest BCUT2D eigenvalue weighted by Crippen LogP contribution is 2.30. The van der Waals surface area contributed by atoms with Gasteiger partial charge in [-0.3, -0.25) is 4.79 Å². The van der Waals surface area contributed by atoms with Crippen molar-refractivity contribution in [3.8, 4) is 0 Å². The first-order chi connectivity index (χ1) is 7.85. The lowest BCUT2D eigenvalue weighted by Gasteiger charge is -2.30. The molecular formula is C10H16F3NO4. The molecule has 1 amide bonds. The molecule has 1 atom stereocenters. The summed E-state index contributed by atoms with van der Waals surface area (Å²) in [5.74, 6) is -3.22. The average molecular weight is 271 g/mol. The van der Waals surface area contributed by atoms with E-state index in [4.69, 9.17) is 9.84 Å². The fourth-order valence-electron chi connectivity index (χ4n) is 1.03. The van der Waals surface area contributed by atoms with Gasteiger partial charge < -0.3 is 15.2 Å². The molecule has 2 N–H and O–H groups in total. The number of carbonyl (C=O) groups is 2. The van der Waals surface area contributed by atoms with Gasteiger partial charge in [-0.25, -0.2) is 4.79 Å². The van der Waals surface area contributed by atoms with Gasteiger partial charge in [0.15, 0.2) is 0 Å². The summed E-state index contributed by atoms with van der Waals surface area (Å²) in [5.41, 5.74) is -4.29. The van der Waals surface area contributed by atoms with Gasteiger partial charge in [-0.05, 0) is 20.8 Å². The number of amides is 1. The highest BCUT2D eigenvalue weighted by atomic mass is 19.4. The summed E-state index contributed by atoms with van der Waals surface area (Å²) >= 11 is 0. The number of nitrogens with one attached hydrogen (secondary N) is 1. The summed E-state index contributed by atoms with van der Waals surface area (Å²) in [7, 11) is 1.30. The Balaban J connectivity index is 4.95. The Labute approximate surface area is 102 Å². The van der Waals surface area contributed by atoms with Crippen LogP contribution in [0.4, 0.5) is 13.2 Å². The van der Waals surface area contributed by atoms with Crippen LogP contribution in [0.1, 0.15) is 27.2 Å². The van der Waals surface area contributed by atoms with Crippen molar-refractivity contribution in [1.82, 2.24) is 5.32 Å². The van der Waals surface area contributed by atoms with Crippen molar-refractivity contribution in [1.29, 1.82) is 0 Å². The Morgan fingerprint density at radius 3 is 1.94 bits per heavy atom. The molecule has 18 heavy (non-hydrogen) atoms. The molecule has 0 fully saturated rings. The standard InChI is InChI=1S/C10H16F3NO4/c1-8(2,18-4)5-6(15)14-9(3,7(16)17)10(11,12)13/h5H2,1-4H3,(H,14,15)(H,16,17). The molecular weight excluding hydrogens is 255 g/mol. The number of rotatable bonds is 5. The number of carbonyl (C=O) groups excluding carboxylic acids is 1. The molecule has 1 unspecified atom stereocenters. The Bertz CT molecular complexity index is 341. The van der Waals surface area contributed by atoms with Crippen molar-refractivity contribution in [3.63, 3.8) is 0 Å². The molecule has 0 aliphatic heterocycles. The van der Waals surface area contributed by atoms with Crippen LogP contribution in [0.2, 0.25) is 0 Å². The van der Waals surface area contributed by atoms with E-state index >= 15 is 0 Å². The van der Waals surface area contributed by atoms with Gasteiger partial charge in [-0.1, -0.05) is 0 Å². The summed E-state index contributed by atoms with van der Waals surface area (Å²) < 4.78 is 42.7. The lowest BCUT2D eigenvalue weighted by atomic mass is 9.99. The van der Waals surface area contributed by atoms with Crippen molar-refractivity contribution >= 4 is 11.9 Å². The monoisotopic (exact) mass is 271 g/mol. The number of carboxylic acid groups (broad SMARTS) is 1. The maximum Gasteiger partial charge on any atom is 0.422 e. The summed E-state index contributed by atoms with van der Waals surface area (Å²) in [5, 5.41) is 10.1. The number of hydrogen-bond acceptors (Lipinski definition) is 3. The van der Waals surface area contributed by atoms with E-state index in [0.717, 1.165) is 0 Å². The van der Waals surface area contributed by atoms with Crippen molar-refractivity contribution < 1.29 is 32.6 Å². The Morgan fingerprint density at radius 2 is 1.67 bits per heavy atom. The van der Waals surface area contributed by atoms with Gasteiger partial charge in [0.05, 0.1) is 12.0 Å². The van der Waals surface area contributed by atoms with E-state index in [0.29, 0.717) is 6.92 Å². The van der Waals surface area contributed by atoms with Gasteiger partial charge in [-0.2, -0.15) is 13.2 Å². The number of ether oxygens (including phenoxy) is 1. The molecule has 0 aromatic carbocycles. The number of hydrogen-bond donors (Lipinski definition) is 2. The zero-order valence-electron chi connectivity index (χ0n) is 10.5. The van der Waals surface area contributed by atoms with Crippen LogP contribution in [-0.2, 0) is 14.3 Å². The molecule has 0 saturated heterocycles. The molecule has 0 aliphatic rings. The van der Waals surface area contributed by atoms with Gasteiger partial charge in [0.1, 0.15) is 0 Å². The predicted octanol–water partition coefficient (Wildman–Crippen LogP) is 1.32. The fourth-order valence-corrected chi connectivity index (χ4v) is 1.03. The van der Waals surface area contributed by atoms with Crippen LogP contribution < -0.4 is 5.32 Å². The number of carboxylic acids is 1. The maximum atomic E-state index is 12.6. The van der Waals surface area contributed by atoms with E-state index in [2.05, 4.69) is 0 Å². The highest BCUT2D eigenvalue weighted by molar-refractivity contribution is 5.87. The van der Waals surface area contributed by atoms with Crippen LogP contribution in [0.3, 0.4) is 0 Å². The first-order valence-electron chi connectivity index (χ1n) is 5.02. The highest BCUT2D eigenvalue weighted by Gasteiger charge is 2.58. The van der Waals surface area contributed by atoms with Crippen molar-refractivity contribution in [2.24, 2.45) is 0 Å². The van der Waals surface area contributed by atoms with E-state index in [1.807, 2.05) is 0 Å². The smallest absolute Gasteiger partial charge is 0.422 e. The Hall–Kier alpha value is -1.31. The topological polar surface area (TPSA) is 75.6 Å². The summed E-state index contributed by atoms with van der Waals surface area (Å²) in [6.45, 7) is 3.39. The number of halogens is 3. The molecule has 0 aromatic heterocycles. The molecule has 0 spiro atoms. The first kappa shape index (κ1) is 16.7. The number of aliphatic carboxylic acids is 1. The lowest BCUT2D eigenvalue weighted by Crippen LogP contribution is -2.62. The van der Waals surface area contributed by atoms with Crippen LogP contribution in [0.25, 0.3) is 0 Å². The van der Waals surface area contributed by atoms with Crippen LogP contribution >= 0.6 is 0 Å². The van der Waals surface area contributed by atoms with Crippen molar-refractivity contribution in [3.05, 3.63) is 0 Å². The van der Waals surface area contributed by atoms with Gasteiger partial charge >= 0.3 is 12.1 Å². The maximum absolute atomic E-state index is 12.6. The molecule has 0 radical (unpaired) electrons. The van der Waals surface area contributed by atoms with E-state index in [1.54, 1.807) is 0 Å². The minimum Gasteiger partial charge on any atom is -0.479 e. The van der Waals surface area contributed by atoms with E-state index in [-0.39, 0.29) is 6.42 Å². The molecule has 0 heterocycles. The van der Waals surface area contributed by atoms with E-state index in [1.165, 1.54) is 26.3 Å². The van der Waals surface area contributed by atoms with Crippen molar-refractivity contribution in [2.75, 3.05) is 7.11 Å². The number of alkyl halides is 3. The molecule has 106 valence electrons. The summed E-state index contributed by atoms with van der Waals surface area (Å²) in [6.07, 6.45) is -5.48. The Kier molecular flexibility index (Phi) is 4.76. The Morgan fingerprint density at radius 1 is 1.22 bits per heavy atom. The normalized spacial score (nSPS) is 15.9. The lowest BCUT2D eigenvalue weighted by molar-refractivity contribution is -0.207. The molecule has 0 aliphatic carbocycles. The third kappa shape index (κ3) is 3.86. The molecule has 8 heteroatoms. The summed E-state index contributed by atoms with van der Waals surface area (Å²) in [6, 6.07) is 0. The zero-order chi connectivity index (χ0) is 14.8. The van der Waals surface area contributed by atoms with E-state index in [9.17, 15) is 22.8 Å². The van der Waals surface area contributed by atoms with Gasteiger partial charge in [0, 0.05) is 7.11 Å². The molecule has 0 bridgehead atoms. The third-order valence-corrected chi connectivity index (χ3v) is 2.52. The van der Waals surface area contributed by atoms with Crippen LogP contribution in [-0.4, -0.2) is 41.4 Å². The third-order valence-electron chi connectivity index (χ3n) is 2.52. The molecule has 0 saturated carbocycles. The molecule has 0 rings (SSSR count). The summed E-state index contributed by atoms with van der Waals surface area (Å²) in [4.78, 5) is 22.1. The van der Waals surface area contributed by atoms with Crippen LogP contribution in [0.5, 0.6) is 0 Å². The van der Waals surface area contributed by atoms with Crippen LogP contribution in [0, 0.1) is 0 Å². The minimum absolute atomic E-state index is 0.386. The van der Waals surface area contributed by atoms with Crippen molar-refractivity contribution in [2.45, 2.75) is 44.5 Å². The second-order valence-electron chi connectivity index (χ2n) is 4.62. The largest absolute Gasteiger partial charge is 0.479 e. The minimum atomic E-state index is -5.09. The first-order valence-corrected chi connectivity index (χ1v) is 5.02. The van der Waals surface area contributed by atoms with Gasteiger partial charge in [0.25, 0.3) is 0 Å². The second-order valence-corrected chi connectivity index (χ2v) is 4.62. The van der Waals surface area contributed by atoms with E-state index < -0.39 is 29.2 Å². The van der Waals surface area contributed by atoms with Gasteiger partial charge in [-0.15, -0.1) is 0 Å². The zero-order valence-corrected chi connectivity index (χ0v) is 10.5. The second kappa shape index (κ2) is 5.13. The SMILES string of the molecule is COC(C)(C)CC(=O)NC(C)(C(=O)O)C(F)(F)F. The quantitative estimate of drug-likeness (QED) is 0.790. The average Bonchev–Trinajstić information content (AvgIpc) is 2.14. The van der Waals surface area contributed by atoms with Crippen LogP contribution in [0.15, 0.2) is 0 Å². The van der Waals surface area contributed by atoms with Gasteiger partial charge in [0.2, 0.25) is 11.4 Å². The predicted molar refractivity (Wildman–Crippen MR) is 55.9 cm³/mol. The molecule has 5 nitrogen and oxygen atoms in total. The molecule has 0 aromatic rings. The number of methoxy groups -OCH3 is 1. The fraction of sp³-hybridized carbons (Fsp3) is 0.800.